The van der Waals surface area contributed by atoms with Crippen LogP contribution in [-0.4, -0.2) is 15.0 Å². The van der Waals surface area contributed by atoms with Crippen molar-refractivity contribution >= 4 is 43.6 Å². The molecule has 0 N–H and O–H groups in total. The van der Waals surface area contributed by atoms with Gasteiger partial charge in [-0.1, -0.05) is 138 Å². The third-order valence-electron chi connectivity index (χ3n) is 11.3. The number of fused-ring (bicyclic) bond motifs is 6. The van der Waals surface area contributed by atoms with E-state index in [1.807, 2.05) is 75.4 Å². The van der Waals surface area contributed by atoms with Gasteiger partial charge in [-0.15, -0.1) is 54.1 Å². The van der Waals surface area contributed by atoms with Crippen LogP contribution in [0.5, 0.6) is 0 Å². The van der Waals surface area contributed by atoms with Crippen molar-refractivity contribution in [1.82, 2.24) is 15.0 Å². The van der Waals surface area contributed by atoms with Crippen LogP contribution in [0.4, 0.5) is 0 Å². The Hall–Kier alpha value is -6.26. The Morgan fingerprint density at radius 3 is 2.17 bits per heavy atom. The SMILES string of the molecule is [2H]C([2H])([2H])c1ccc2c(n1)oc1c(-c3cc(-c4c(C([2H])(C)C)cc(-c5ccc6c(ccc7ccccc76)c5)cc4C([2H])(C)C)c(C([2H])([2H])[2H])cn3)[c-]ccc12.[2H]C([2H])(c1ccnc(-c2[c-]cccc2)c1)C(C)(C)C.[Ir]. The fraction of sp³-hybridized carbons (Fsp3) is 0.217. The van der Waals surface area contributed by atoms with Crippen molar-refractivity contribution < 1.29 is 38.2 Å². The first kappa shape index (κ1) is 34.1. The van der Waals surface area contributed by atoms with E-state index in [2.05, 4.69) is 69.5 Å². The molecule has 65 heavy (non-hydrogen) atoms. The molecule has 0 aliphatic heterocycles. The Morgan fingerprint density at radius 1 is 0.677 bits per heavy atom. The van der Waals surface area contributed by atoms with Crippen LogP contribution in [0.1, 0.15) is 102 Å². The molecule has 0 atom stereocenters. The summed E-state index contributed by atoms with van der Waals surface area (Å²) in [5.74, 6) is -2.43. The zero-order valence-electron chi connectivity index (χ0n) is 47.4. The minimum atomic E-state index is -2.59. The minimum Gasteiger partial charge on any atom is -0.486 e. The summed E-state index contributed by atoms with van der Waals surface area (Å²) < 4.78 is 90.9. The van der Waals surface area contributed by atoms with Crippen molar-refractivity contribution in [2.24, 2.45) is 5.41 Å². The first-order chi connectivity index (χ1) is 34.6. The molecule has 4 nitrogen and oxygen atoms in total. The molecule has 4 aromatic heterocycles. The van der Waals surface area contributed by atoms with Crippen molar-refractivity contribution in [2.45, 2.75) is 80.3 Å². The molecule has 0 amide bonds. The average molecular weight is 1040 g/mol. The summed E-state index contributed by atoms with van der Waals surface area (Å²) in [6.07, 6.45) is 1.59. The summed E-state index contributed by atoms with van der Waals surface area (Å²) in [5.41, 5.74) is 6.71. The van der Waals surface area contributed by atoms with Gasteiger partial charge in [-0.25, -0.2) is 4.98 Å². The van der Waals surface area contributed by atoms with Gasteiger partial charge >= 0.3 is 0 Å². The topological polar surface area (TPSA) is 51.8 Å². The maximum absolute atomic E-state index is 9.43. The van der Waals surface area contributed by atoms with Gasteiger partial charge in [-0.3, -0.25) is 0 Å². The molecular formula is C60H55IrN3O-2. The second-order valence-electron chi connectivity index (χ2n) is 17.6. The molecule has 1 radical (unpaired) electrons. The molecule has 0 saturated heterocycles. The fourth-order valence-electron chi connectivity index (χ4n) is 8.33. The molecule has 4 heterocycles. The summed E-state index contributed by atoms with van der Waals surface area (Å²) in [5, 5.41) is 5.77. The van der Waals surface area contributed by atoms with Crippen LogP contribution in [0.25, 0.3) is 88.4 Å². The third kappa shape index (κ3) is 9.46. The van der Waals surface area contributed by atoms with Gasteiger partial charge in [0.05, 0.1) is 5.58 Å². The van der Waals surface area contributed by atoms with E-state index in [1.165, 1.54) is 12.3 Å². The van der Waals surface area contributed by atoms with Crippen LogP contribution < -0.4 is 0 Å². The van der Waals surface area contributed by atoms with Crippen LogP contribution in [0.2, 0.25) is 0 Å². The second kappa shape index (κ2) is 18.7. The van der Waals surface area contributed by atoms with Crippen LogP contribution in [0, 0.1) is 31.3 Å². The van der Waals surface area contributed by atoms with Gasteiger partial charge < -0.3 is 14.4 Å². The summed E-state index contributed by atoms with van der Waals surface area (Å²) in [6.45, 7) is 7.78. The Balaban J connectivity index is 0.000000315. The summed E-state index contributed by atoms with van der Waals surface area (Å²) in [7, 11) is 0. The molecule has 10 aromatic rings. The first-order valence-corrected chi connectivity index (χ1v) is 21.4. The van der Waals surface area contributed by atoms with Crippen molar-refractivity contribution in [3.63, 3.8) is 0 Å². The van der Waals surface area contributed by atoms with Gasteiger partial charge in [-0.2, -0.15) is 0 Å². The van der Waals surface area contributed by atoms with Crippen LogP contribution in [0.15, 0.2) is 150 Å². The van der Waals surface area contributed by atoms with Crippen LogP contribution >= 0.6 is 0 Å². The molecule has 327 valence electrons. The quantitative estimate of drug-likeness (QED) is 0.118. The number of aryl methyl sites for hydroxylation is 2. The number of furan rings is 1. The molecule has 0 aliphatic carbocycles. The Bertz CT molecular complexity index is 3720. The standard InChI is InChI=1S/C44H37N2O.C16H18N.Ir/c1-25(2)38-21-32(30-17-19-34-31(20-30)16-15-29-10-7-8-11-33(29)34)22-39(26(3)4)42(38)40-23-41(45-24-27(40)5)37-13-9-12-35-36-18-14-28(6)46-44(36)47-43(35)37;1-16(2,3)12-13-9-10-17-15(11-13)14-7-5-4-6-8-14;/h7-12,14-26H,1-6H3;4-7,9-11H,12H2,1-3H3;/q2*-1;/i5D3,6D3,25D,26D;12D2;. The first-order valence-electron chi connectivity index (χ1n) is 26.4. The monoisotopic (exact) mass is 1040 g/mol. The number of aromatic nitrogens is 3. The minimum absolute atomic E-state index is 0. The number of pyridine rings is 3. The van der Waals surface area contributed by atoms with Gasteiger partial charge in [0.15, 0.2) is 0 Å². The molecule has 0 spiro atoms. The molecule has 0 unspecified atom stereocenters. The van der Waals surface area contributed by atoms with E-state index in [1.54, 1.807) is 64.2 Å². The largest absolute Gasteiger partial charge is 0.486 e. The van der Waals surface area contributed by atoms with E-state index >= 15 is 0 Å². The number of hydrogen-bond donors (Lipinski definition) is 0. The van der Waals surface area contributed by atoms with Crippen LogP contribution in [0.3, 0.4) is 0 Å². The summed E-state index contributed by atoms with van der Waals surface area (Å²) >= 11 is 0. The van der Waals surface area contributed by atoms with Crippen molar-refractivity contribution in [2.75, 3.05) is 0 Å². The summed E-state index contributed by atoms with van der Waals surface area (Å²) in [6, 6.07) is 48.4. The van der Waals surface area contributed by atoms with Gasteiger partial charge in [0, 0.05) is 57.3 Å². The van der Waals surface area contributed by atoms with E-state index in [4.69, 9.17) is 15.4 Å². The Morgan fingerprint density at radius 2 is 1.43 bits per heavy atom. The maximum Gasteiger partial charge on any atom is 0.216 e. The van der Waals surface area contributed by atoms with E-state index in [0.29, 0.717) is 55.4 Å². The van der Waals surface area contributed by atoms with E-state index in [0.717, 1.165) is 43.9 Å². The molecule has 5 heteroatoms. The van der Waals surface area contributed by atoms with Crippen molar-refractivity contribution in [3.05, 3.63) is 186 Å². The van der Waals surface area contributed by atoms with Crippen molar-refractivity contribution in [1.29, 1.82) is 0 Å². The summed E-state index contributed by atoms with van der Waals surface area (Å²) in [4.78, 5) is 13.2. The molecule has 6 aromatic carbocycles. The molecule has 0 bridgehead atoms. The maximum atomic E-state index is 9.43. The number of rotatable bonds is 7. The fourth-order valence-corrected chi connectivity index (χ4v) is 8.33. The van der Waals surface area contributed by atoms with Gasteiger partial charge in [0.2, 0.25) is 5.71 Å². The van der Waals surface area contributed by atoms with E-state index < -0.39 is 37.3 Å². The zero-order valence-corrected chi connectivity index (χ0v) is 39.8. The number of nitrogens with zero attached hydrogens (tertiary/aromatic N) is 3. The molecule has 0 fully saturated rings. The van der Waals surface area contributed by atoms with Gasteiger partial charge in [-0.05, 0) is 133 Å². The normalized spacial score (nSPS) is 14.9. The smallest absolute Gasteiger partial charge is 0.216 e. The molecule has 0 saturated carbocycles. The van der Waals surface area contributed by atoms with Gasteiger partial charge in [0.1, 0.15) is 0 Å². The Labute approximate surface area is 411 Å². The van der Waals surface area contributed by atoms with Gasteiger partial charge in [0.25, 0.3) is 0 Å². The average Bonchev–Trinajstić information content (AvgIpc) is 3.73. The molecule has 0 aliphatic rings. The van der Waals surface area contributed by atoms with Crippen LogP contribution in [-0.2, 0) is 26.5 Å². The predicted molar refractivity (Wildman–Crippen MR) is 269 cm³/mol. The third-order valence-corrected chi connectivity index (χ3v) is 11.3. The van der Waals surface area contributed by atoms with E-state index in [-0.39, 0.29) is 37.1 Å². The predicted octanol–water partition coefficient (Wildman–Crippen LogP) is 16.5. The Kier molecular flexibility index (Phi) is 9.81. The van der Waals surface area contributed by atoms with Crippen molar-refractivity contribution in [3.8, 4) is 44.8 Å². The second-order valence-corrected chi connectivity index (χ2v) is 17.6. The number of benzene rings is 6. The number of hydrogen-bond acceptors (Lipinski definition) is 4. The molecule has 10 rings (SSSR count). The zero-order chi connectivity index (χ0) is 53.3. The van der Waals surface area contributed by atoms with E-state index in [9.17, 15) is 2.74 Å². The molecular weight excluding hydrogens is 971 g/mol.